The van der Waals surface area contributed by atoms with Crippen LogP contribution in [0.25, 0.3) is 0 Å². The molecule has 0 aliphatic rings. The zero-order valence-electron chi connectivity index (χ0n) is 9.28. The quantitative estimate of drug-likeness (QED) is 0.822. The fraction of sp³-hybridized carbons (Fsp3) is 0. The smallest absolute Gasteiger partial charge is 0.255 e. The summed E-state index contributed by atoms with van der Waals surface area (Å²) in [5.41, 5.74) is 7.15. The van der Waals surface area contributed by atoms with Crippen LogP contribution in [0.15, 0.2) is 42.5 Å². The van der Waals surface area contributed by atoms with Crippen molar-refractivity contribution in [3.8, 4) is 0 Å². The molecule has 5 heteroatoms. The second kappa shape index (κ2) is 5.29. The van der Waals surface area contributed by atoms with E-state index in [4.69, 9.17) is 28.9 Å². The van der Waals surface area contributed by atoms with Gasteiger partial charge >= 0.3 is 0 Å². The Labute approximate surface area is 115 Å². The van der Waals surface area contributed by atoms with Gasteiger partial charge in [-0.25, -0.2) is 0 Å². The van der Waals surface area contributed by atoms with Crippen molar-refractivity contribution in [2.45, 2.75) is 0 Å². The van der Waals surface area contributed by atoms with Crippen molar-refractivity contribution in [3.05, 3.63) is 58.1 Å². The van der Waals surface area contributed by atoms with Crippen molar-refractivity contribution < 1.29 is 4.79 Å². The predicted octanol–water partition coefficient (Wildman–Crippen LogP) is 3.83. The summed E-state index contributed by atoms with van der Waals surface area (Å²) in [5, 5.41) is 3.68. The molecule has 0 saturated carbocycles. The number of hydrogen-bond donors (Lipinski definition) is 2. The van der Waals surface area contributed by atoms with E-state index in [9.17, 15) is 4.79 Å². The molecule has 2 aromatic carbocycles. The first-order chi connectivity index (χ1) is 8.54. The molecule has 0 spiro atoms. The standard InChI is InChI=1S/C13H10Cl2N2O/c14-9-3-1-2-8(4-9)13(18)17-12-6-10(15)5-11(16)7-12/h1-7H,16H2,(H,17,18). The summed E-state index contributed by atoms with van der Waals surface area (Å²) < 4.78 is 0. The third-order valence-electron chi connectivity index (χ3n) is 2.26. The van der Waals surface area contributed by atoms with Gasteiger partial charge in [0.2, 0.25) is 0 Å². The number of nitrogen functional groups attached to an aromatic ring is 1. The molecular weight excluding hydrogens is 271 g/mol. The molecule has 1 amide bonds. The fourth-order valence-corrected chi connectivity index (χ4v) is 1.95. The molecule has 3 N–H and O–H groups in total. The average Bonchev–Trinajstić information content (AvgIpc) is 2.27. The number of hydrogen-bond acceptors (Lipinski definition) is 2. The van der Waals surface area contributed by atoms with Crippen molar-refractivity contribution in [2.24, 2.45) is 0 Å². The average molecular weight is 281 g/mol. The molecule has 0 bridgehead atoms. The molecular formula is C13H10Cl2N2O. The molecule has 0 fully saturated rings. The SMILES string of the molecule is Nc1cc(Cl)cc(NC(=O)c2cccc(Cl)c2)c1. The molecule has 3 nitrogen and oxygen atoms in total. The third-order valence-corrected chi connectivity index (χ3v) is 2.72. The van der Waals surface area contributed by atoms with Crippen LogP contribution in [0, 0.1) is 0 Å². The first-order valence-electron chi connectivity index (χ1n) is 5.17. The number of carbonyl (C=O) groups excluding carboxylic acids is 1. The summed E-state index contributed by atoms with van der Waals surface area (Å²) in [4.78, 5) is 11.9. The predicted molar refractivity (Wildman–Crippen MR) is 75.3 cm³/mol. The van der Waals surface area contributed by atoms with E-state index in [1.165, 1.54) is 0 Å². The van der Waals surface area contributed by atoms with Crippen LogP contribution < -0.4 is 11.1 Å². The normalized spacial score (nSPS) is 10.1. The van der Waals surface area contributed by atoms with E-state index in [0.29, 0.717) is 27.0 Å². The third kappa shape index (κ3) is 3.15. The van der Waals surface area contributed by atoms with E-state index in [2.05, 4.69) is 5.32 Å². The van der Waals surface area contributed by atoms with E-state index >= 15 is 0 Å². The molecule has 0 aromatic heterocycles. The van der Waals surface area contributed by atoms with Crippen molar-refractivity contribution in [3.63, 3.8) is 0 Å². The Morgan fingerprint density at radius 3 is 2.50 bits per heavy atom. The molecule has 0 aliphatic heterocycles. The van der Waals surface area contributed by atoms with Crippen LogP contribution in [-0.2, 0) is 0 Å². The Balaban J connectivity index is 2.21. The highest BCUT2D eigenvalue weighted by Crippen LogP contribution is 2.21. The molecule has 0 radical (unpaired) electrons. The Kier molecular flexibility index (Phi) is 3.75. The van der Waals surface area contributed by atoms with Gasteiger partial charge in [-0.1, -0.05) is 29.3 Å². The zero-order valence-corrected chi connectivity index (χ0v) is 10.8. The van der Waals surface area contributed by atoms with Gasteiger partial charge in [-0.15, -0.1) is 0 Å². The highest BCUT2D eigenvalue weighted by Gasteiger charge is 2.07. The summed E-state index contributed by atoms with van der Waals surface area (Å²) in [6.07, 6.45) is 0. The maximum absolute atomic E-state index is 11.9. The van der Waals surface area contributed by atoms with Crippen molar-refractivity contribution in [1.82, 2.24) is 0 Å². The van der Waals surface area contributed by atoms with Crippen LogP contribution in [0.3, 0.4) is 0 Å². The first kappa shape index (κ1) is 12.7. The minimum Gasteiger partial charge on any atom is -0.399 e. The van der Waals surface area contributed by atoms with E-state index < -0.39 is 0 Å². The number of nitrogens with one attached hydrogen (secondary N) is 1. The minimum absolute atomic E-state index is 0.265. The maximum Gasteiger partial charge on any atom is 0.255 e. The topological polar surface area (TPSA) is 55.1 Å². The van der Waals surface area contributed by atoms with E-state index in [0.717, 1.165) is 0 Å². The van der Waals surface area contributed by atoms with Gasteiger partial charge in [0.1, 0.15) is 0 Å². The largest absolute Gasteiger partial charge is 0.399 e. The van der Waals surface area contributed by atoms with Crippen LogP contribution >= 0.6 is 23.2 Å². The molecule has 2 aromatic rings. The minimum atomic E-state index is -0.265. The maximum atomic E-state index is 11.9. The van der Waals surface area contributed by atoms with Gasteiger partial charge in [-0.2, -0.15) is 0 Å². The molecule has 0 aliphatic carbocycles. The number of amides is 1. The van der Waals surface area contributed by atoms with E-state index in [-0.39, 0.29) is 5.91 Å². The van der Waals surface area contributed by atoms with Crippen molar-refractivity contribution in [1.29, 1.82) is 0 Å². The summed E-state index contributed by atoms with van der Waals surface area (Å²) in [5.74, 6) is -0.265. The van der Waals surface area contributed by atoms with Gasteiger partial charge in [0.25, 0.3) is 5.91 Å². The number of anilines is 2. The van der Waals surface area contributed by atoms with Gasteiger partial charge in [0.05, 0.1) is 0 Å². The van der Waals surface area contributed by atoms with Crippen molar-refractivity contribution >= 4 is 40.5 Å². The lowest BCUT2D eigenvalue weighted by molar-refractivity contribution is 0.102. The number of carbonyl (C=O) groups is 1. The summed E-state index contributed by atoms with van der Waals surface area (Å²) in [7, 11) is 0. The summed E-state index contributed by atoms with van der Waals surface area (Å²) in [6, 6.07) is 11.5. The fourth-order valence-electron chi connectivity index (χ4n) is 1.52. The summed E-state index contributed by atoms with van der Waals surface area (Å²) >= 11 is 11.7. The second-order valence-corrected chi connectivity index (χ2v) is 4.61. The van der Waals surface area contributed by atoms with Gasteiger partial charge in [0.15, 0.2) is 0 Å². The molecule has 18 heavy (non-hydrogen) atoms. The van der Waals surface area contributed by atoms with Gasteiger partial charge in [-0.3, -0.25) is 4.79 Å². The van der Waals surface area contributed by atoms with Crippen LogP contribution in [0.2, 0.25) is 10.0 Å². The molecule has 0 unspecified atom stereocenters. The monoisotopic (exact) mass is 280 g/mol. The van der Waals surface area contributed by atoms with Gasteiger partial charge in [0, 0.05) is 27.0 Å². The van der Waals surface area contributed by atoms with E-state index in [1.54, 1.807) is 42.5 Å². The molecule has 92 valence electrons. The number of rotatable bonds is 2. The van der Waals surface area contributed by atoms with E-state index in [1.807, 2.05) is 0 Å². The number of benzene rings is 2. The number of nitrogens with two attached hydrogens (primary N) is 1. The lowest BCUT2D eigenvalue weighted by Gasteiger charge is -2.07. The summed E-state index contributed by atoms with van der Waals surface area (Å²) in [6.45, 7) is 0. The lowest BCUT2D eigenvalue weighted by Crippen LogP contribution is -2.11. The Morgan fingerprint density at radius 1 is 1.06 bits per heavy atom. The second-order valence-electron chi connectivity index (χ2n) is 3.74. The van der Waals surface area contributed by atoms with Gasteiger partial charge in [-0.05, 0) is 36.4 Å². The van der Waals surface area contributed by atoms with Crippen LogP contribution in [0.1, 0.15) is 10.4 Å². The molecule has 0 atom stereocenters. The zero-order chi connectivity index (χ0) is 13.1. The van der Waals surface area contributed by atoms with Crippen LogP contribution in [-0.4, -0.2) is 5.91 Å². The van der Waals surface area contributed by atoms with Crippen LogP contribution in [0.4, 0.5) is 11.4 Å². The Bertz CT molecular complexity index is 579. The Hall–Kier alpha value is -1.71. The van der Waals surface area contributed by atoms with Crippen molar-refractivity contribution in [2.75, 3.05) is 11.1 Å². The lowest BCUT2D eigenvalue weighted by atomic mass is 10.2. The molecule has 0 saturated heterocycles. The number of halogens is 2. The molecule has 0 heterocycles. The Morgan fingerprint density at radius 2 is 1.83 bits per heavy atom. The first-order valence-corrected chi connectivity index (χ1v) is 5.93. The van der Waals surface area contributed by atoms with Crippen LogP contribution in [0.5, 0.6) is 0 Å². The van der Waals surface area contributed by atoms with Gasteiger partial charge < -0.3 is 11.1 Å². The molecule has 2 rings (SSSR count). The highest BCUT2D eigenvalue weighted by molar-refractivity contribution is 6.31. The highest BCUT2D eigenvalue weighted by atomic mass is 35.5.